The minimum absolute atomic E-state index is 0.157. The Bertz CT molecular complexity index is 643. The van der Waals surface area contributed by atoms with Crippen LogP contribution >= 0.6 is 11.8 Å². The molecule has 24 heavy (non-hydrogen) atoms. The maximum Gasteiger partial charge on any atom is 0.214 e. The summed E-state index contributed by atoms with van der Waals surface area (Å²) in [7, 11) is 0. The molecule has 1 aliphatic rings. The van der Waals surface area contributed by atoms with E-state index in [1.165, 1.54) is 0 Å². The van der Waals surface area contributed by atoms with Crippen LogP contribution in [0.3, 0.4) is 0 Å². The molecule has 2 N–H and O–H groups in total. The molecule has 1 aromatic carbocycles. The molecular weight excluding hydrogens is 326 g/mol. The van der Waals surface area contributed by atoms with Crippen molar-refractivity contribution in [2.24, 2.45) is 0 Å². The topological polar surface area (TPSA) is 87.3 Å². The van der Waals surface area contributed by atoms with Crippen LogP contribution in [0.5, 0.6) is 0 Å². The summed E-state index contributed by atoms with van der Waals surface area (Å²) in [4.78, 5) is 2.34. The van der Waals surface area contributed by atoms with Gasteiger partial charge < -0.3 is 10.2 Å². The van der Waals surface area contributed by atoms with Crippen LogP contribution < -0.4 is 0 Å². The van der Waals surface area contributed by atoms with Crippen molar-refractivity contribution in [3.63, 3.8) is 0 Å². The highest BCUT2D eigenvalue weighted by atomic mass is 32.2. The zero-order valence-corrected chi connectivity index (χ0v) is 14.6. The van der Waals surface area contributed by atoms with Gasteiger partial charge in [-0.2, -0.15) is 4.68 Å². The lowest BCUT2D eigenvalue weighted by molar-refractivity contribution is -0.0635. The monoisotopic (exact) mass is 349 g/mol. The Balaban J connectivity index is 1.56. The smallest absolute Gasteiger partial charge is 0.214 e. The normalized spacial score (nSPS) is 19.3. The number of piperidine rings is 1. The van der Waals surface area contributed by atoms with Crippen LogP contribution in [0.2, 0.25) is 0 Å². The van der Waals surface area contributed by atoms with E-state index in [1.807, 2.05) is 30.3 Å². The van der Waals surface area contributed by atoms with E-state index in [2.05, 4.69) is 27.3 Å². The largest absolute Gasteiger partial charge is 0.393 e. The summed E-state index contributed by atoms with van der Waals surface area (Å²) in [6.07, 6.45) is 1.22. The lowest BCUT2D eigenvalue weighted by Crippen LogP contribution is -2.49. The standard InChI is InChI=1S/C16H23N5O2S/c1-13(20-9-7-16(23,12-22)8-10-20)11-24-15-17-18-19-21(15)14-5-3-2-4-6-14/h2-6,13,22-23H,7-12H2,1H3/t13-/m0/s1. The van der Waals surface area contributed by atoms with Crippen LogP contribution in [-0.2, 0) is 0 Å². The zero-order valence-electron chi connectivity index (χ0n) is 13.7. The molecule has 3 rings (SSSR count). The number of aliphatic hydroxyl groups is 2. The summed E-state index contributed by atoms with van der Waals surface area (Å²) < 4.78 is 1.75. The molecule has 1 fully saturated rings. The molecular formula is C16H23N5O2S. The summed E-state index contributed by atoms with van der Waals surface area (Å²) in [5.41, 5.74) is 0.0458. The van der Waals surface area contributed by atoms with Crippen LogP contribution in [0.25, 0.3) is 5.69 Å². The van der Waals surface area contributed by atoms with Crippen LogP contribution in [-0.4, -0.2) is 72.4 Å². The van der Waals surface area contributed by atoms with Gasteiger partial charge in [0.15, 0.2) is 0 Å². The fourth-order valence-electron chi connectivity index (χ4n) is 2.84. The Hall–Kier alpha value is -1.48. The molecule has 1 atom stereocenters. The van der Waals surface area contributed by atoms with E-state index in [1.54, 1.807) is 16.4 Å². The third-order valence-electron chi connectivity index (χ3n) is 4.54. The second-order valence-corrected chi connectivity index (χ2v) is 7.27. The van der Waals surface area contributed by atoms with Crippen molar-refractivity contribution in [1.82, 2.24) is 25.1 Å². The van der Waals surface area contributed by atoms with Crippen LogP contribution in [0, 0.1) is 0 Å². The van der Waals surface area contributed by atoms with Gasteiger partial charge in [0, 0.05) is 24.9 Å². The van der Waals surface area contributed by atoms with Gasteiger partial charge in [-0.3, -0.25) is 4.90 Å². The van der Waals surface area contributed by atoms with Crippen molar-refractivity contribution in [2.45, 2.75) is 36.6 Å². The molecule has 1 aromatic heterocycles. The molecule has 0 amide bonds. The third-order valence-corrected chi connectivity index (χ3v) is 5.70. The van der Waals surface area contributed by atoms with Crippen LogP contribution in [0.15, 0.2) is 35.5 Å². The van der Waals surface area contributed by atoms with Gasteiger partial charge in [0.05, 0.1) is 17.9 Å². The number of aliphatic hydroxyl groups excluding tert-OH is 1. The molecule has 1 saturated heterocycles. The molecule has 1 aliphatic heterocycles. The van der Waals surface area contributed by atoms with Gasteiger partial charge in [-0.05, 0) is 42.3 Å². The SMILES string of the molecule is C[C@@H](CSc1nnnn1-c1ccccc1)N1CCC(O)(CO)CC1. The van der Waals surface area contributed by atoms with Crippen molar-refractivity contribution in [3.8, 4) is 5.69 Å². The number of aromatic nitrogens is 4. The van der Waals surface area contributed by atoms with Gasteiger partial charge in [0.25, 0.3) is 0 Å². The van der Waals surface area contributed by atoms with E-state index in [0.29, 0.717) is 18.9 Å². The molecule has 0 bridgehead atoms. The maximum atomic E-state index is 10.1. The summed E-state index contributed by atoms with van der Waals surface area (Å²) in [6, 6.07) is 10.2. The average Bonchev–Trinajstić information content (AvgIpc) is 3.09. The van der Waals surface area contributed by atoms with Crippen LogP contribution in [0.4, 0.5) is 0 Å². The first kappa shape index (κ1) is 17.3. The van der Waals surface area contributed by atoms with Gasteiger partial charge in [0.1, 0.15) is 0 Å². The molecule has 8 heteroatoms. The van der Waals surface area contributed by atoms with Gasteiger partial charge in [0.2, 0.25) is 5.16 Å². The Morgan fingerprint density at radius 2 is 1.96 bits per heavy atom. The number of tetrazole rings is 1. The predicted molar refractivity (Wildman–Crippen MR) is 92.2 cm³/mol. The van der Waals surface area contributed by atoms with E-state index in [4.69, 9.17) is 0 Å². The van der Waals surface area contributed by atoms with E-state index in [-0.39, 0.29) is 6.61 Å². The molecule has 130 valence electrons. The molecule has 0 unspecified atom stereocenters. The number of nitrogens with zero attached hydrogens (tertiary/aromatic N) is 5. The highest BCUT2D eigenvalue weighted by Crippen LogP contribution is 2.25. The first-order chi connectivity index (χ1) is 11.6. The first-order valence-electron chi connectivity index (χ1n) is 8.15. The number of thioether (sulfide) groups is 1. The molecule has 2 heterocycles. The molecule has 0 radical (unpaired) electrons. The molecule has 0 saturated carbocycles. The number of para-hydroxylation sites is 1. The van der Waals surface area contributed by atoms with E-state index < -0.39 is 5.60 Å². The van der Waals surface area contributed by atoms with Gasteiger partial charge in [-0.15, -0.1) is 5.10 Å². The number of hydrogen-bond acceptors (Lipinski definition) is 7. The van der Waals surface area contributed by atoms with Gasteiger partial charge >= 0.3 is 0 Å². The maximum absolute atomic E-state index is 10.1. The summed E-state index contributed by atoms with van der Waals surface area (Å²) in [5, 5.41) is 32.1. The summed E-state index contributed by atoms with van der Waals surface area (Å²) in [5.74, 6) is 0.866. The molecule has 2 aromatic rings. The predicted octanol–water partition coefficient (Wildman–Crippen LogP) is 0.962. The van der Waals surface area contributed by atoms with Crippen molar-refractivity contribution < 1.29 is 10.2 Å². The number of hydrogen-bond donors (Lipinski definition) is 2. The Kier molecular flexibility index (Phi) is 5.50. The molecule has 7 nitrogen and oxygen atoms in total. The van der Waals surface area contributed by atoms with Crippen molar-refractivity contribution >= 4 is 11.8 Å². The third kappa shape index (κ3) is 3.94. The van der Waals surface area contributed by atoms with E-state index in [0.717, 1.165) is 29.7 Å². The fourth-order valence-corrected chi connectivity index (χ4v) is 3.80. The Morgan fingerprint density at radius 1 is 1.25 bits per heavy atom. The minimum atomic E-state index is -0.902. The summed E-state index contributed by atoms with van der Waals surface area (Å²) >= 11 is 1.63. The van der Waals surface area contributed by atoms with Crippen molar-refractivity contribution in [3.05, 3.63) is 30.3 Å². The Morgan fingerprint density at radius 3 is 2.62 bits per heavy atom. The van der Waals surface area contributed by atoms with Crippen LogP contribution in [0.1, 0.15) is 19.8 Å². The molecule has 0 spiro atoms. The fraction of sp³-hybridized carbons (Fsp3) is 0.562. The number of rotatable bonds is 6. The zero-order chi connectivity index (χ0) is 17.0. The van der Waals surface area contributed by atoms with Gasteiger partial charge in [-0.1, -0.05) is 30.0 Å². The molecule has 0 aliphatic carbocycles. The average molecular weight is 349 g/mol. The second kappa shape index (κ2) is 7.60. The highest BCUT2D eigenvalue weighted by Gasteiger charge is 2.33. The van der Waals surface area contributed by atoms with E-state index in [9.17, 15) is 10.2 Å². The van der Waals surface area contributed by atoms with Gasteiger partial charge in [-0.25, -0.2) is 0 Å². The van der Waals surface area contributed by atoms with E-state index >= 15 is 0 Å². The van der Waals surface area contributed by atoms with Crippen molar-refractivity contribution in [1.29, 1.82) is 0 Å². The minimum Gasteiger partial charge on any atom is -0.393 e. The summed E-state index contributed by atoms with van der Waals surface area (Å²) in [6.45, 7) is 3.60. The van der Waals surface area contributed by atoms with Crippen molar-refractivity contribution in [2.75, 3.05) is 25.4 Å². The quantitative estimate of drug-likeness (QED) is 0.751. The second-order valence-electron chi connectivity index (χ2n) is 6.29. The number of likely N-dealkylation sites (tertiary alicyclic amines) is 1. The number of benzene rings is 1. The first-order valence-corrected chi connectivity index (χ1v) is 9.14. The lowest BCUT2D eigenvalue weighted by atomic mass is 9.92. The lowest BCUT2D eigenvalue weighted by Gasteiger charge is -2.39. The Labute approximate surface area is 145 Å². The highest BCUT2D eigenvalue weighted by molar-refractivity contribution is 7.99.